The van der Waals surface area contributed by atoms with E-state index >= 15 is 0 Å². The van der Waals surface area contributed by atoms with E-state index in [0.717, 1.165) is 0 Å². The van der Waals surface area contributed by atoms with Crippen molar-refractivity contribution in [1.82, 2.24) is 5.32 Å². The number of nitrogens with one attached hydrogen (secondary N) is 1. The van der Waals surface area contributed by atoms with Gasteiger partial charge in [-0.1, -0.05) is 41.9 Å². The molecule has 0 aliphatic carbocycles. The van der Waals surface area contributed by atoms with Gasteiger partial charge in [-0.15, -0.1) is 0 Å². The fraction of sp³-hybridized carbons (Fsp3) is 0.250. The molecule has 0 bridgehead atoms. The number of aryl methyl sites for hydroxylation is 1. The molecule has 1 N–H and O–H groups in total. The highest BCUT2D eigenvalue weighted by atomic mass is 35.5. The van der Waals surface area contributed by atoms with Crippen LogP contribution in [0.5, 0.6) is 0 Å². The molecule has 3 nitrogen and oxygen atoms in total. The summed E-state index contributed by atoms with van der Waals surface area (Å²) in [7, 11) is -3.28. The molecule has 0 spiro atoms. The molecule has 0 fully saturated rings. The molecule has 0 amide bonds. The first-order valence-corrected chi connectivity index (χ1v) is 8.89. The molecular formula is C16H18ClNO2S. The van der Waals surface area contributed by atoms with Crippen LogP contribution in [-0.2, 0) is 22.9 Å². The summed E-state index contributed by atoms with van der Waals surface area (Å²) in [5.74, 6) is 0. The zero-order valence-electron chi connectivity index (χ0n) is 12.1. The quantitative estimate of drug-likeness (QED) is 0.918. The summed E-state index contributed by atoms with van der Waals surface area (Å²) in [6.45, 7) is 3.13. The van der Waals surface area contributed by atoms with Gasteiger partial charge in [-0.25, -0.2) is 8.42 Å². The van der Waals surface area contributed by atoms with Crippen molar-refractivity contribution in [2.24, 2.45) is 0 Å². The SMILES string of the molecule is Cc1ccccc1CNCc1c(Cl)cccc1S(C)(=O)=O. The highest BCUT2D eigenvalue weighted by molar-refractivity contribution is 7.90. The number of sulfone groups is 1. The van der Waals surface area contributed by atoms with Crippen molar-refractivity contribution in [2.45, 2.75) is 24.9 Å². The molecule has 0 aliphatic rings. The Morgan fingerprint density at radius 3 is 2.43 bits per heavy atom. The highest BCUT2D eigenvalue weighted by Crippen LogP contribution is 2.24. The van der Waals surface area contributed by atoms with Crippen molar-refractivity contribution in [2.75, 3.05) is 6.26 Å². The van der Waals surface area contributed by atoms with E-state index in [-0.39, 0.29) is 4.90 Å². The molecule has 0 unspecified atom stereocenters. The molecule has 0 aromatic heterocycles. The number of halogens is 1. The van der Waals surface area contributed by atoms with Crippen LogP contribution in [-0.4, -0.2) is 14.7 Å². The standard InChI is InChI=1S/C16H18ClNO2S/c1-12-6-3-4-7-13(12)10-18-11-14-15(17)8-5-9-16(14)21(2,19)20/h3-9,18H,10-11H2,1-2H3. The van der Waals surface area contributed by atoms with Crippen LogP contribution in [0.2, 0.25) is 5.02 Å². The summed E-state index contributed by atoms with van der Waals surface area (Å²) < 4.78 is 23.6. The van der Waals surface area contributed by atoms with Gasteiger partial charge in [-0.3, -0.25) is 0 Å². The van der Waals surface area contributed by atoms with Crippen molar-refractivity contribution >= 4 is 21.4 Å². The first kappa shape index (κ1) is 16.0. The van der Waals surface area contributed by atoms with Gasteiger partial charge in [-0.05, 0) is 30.2 Å². The third kappa shape index (κ3) is 4.06. The van der Waals surface area contributed by atoms with E-state index in [1.54, 1.807) is 18.2 Å². The maximum atomic E-state index is 11.8. The lowest BCUT2D eigenvalue weighted by Crippen LogP contribution is -2.16. The predicted molar refractivity (Wildman–Crippen MR) is 86.3 cm³/mol. The average Bonchev–Trinajstić information content (AvgIpc) is 2.41. The molecule has 0 saturated heterocycles. The van der Waals surface area contributed by atoms with Crippen molar-refractivity contribution in [3.63, 3.8) is 0 Å². The van der Waals surface area contributed by atoms with E-state index in [2.05, 4.69) is 18.3 Å². The average molecular weight is 324 g/mol. The van der Waals surface area contributed by atoms with Gasteiger partial charge in [0.1, 0.15) is 0 Å². The van der Waals surface area contributed by atoms with Gasteiger partial charge < -0.3 is 5.32 Å². The van der Waals surface area contributed by atoms with Gasteiger partial charge in [-0.2, -0.15) is 0 Å². The number of hydrogen-bond acceptors (Lipinski definition) is 3. The molecule has 2 aromatic carbocycles. The molecule has 0 atom stereocenters. The minimum absolute atomic E-state index is 0.285. The second-order valence-corrected chi connectivity index (χ2v) is 7.41. The Bertz CT molecular complexity index is 742. The van der Waals surface area contributed by atoms with Crippen LogP contribution in [0.3, 0.4) is 0 Å². The van der Waals surface area contributed by atoms with Gasteiger partial charge in [0.15, 0.2) is 9.84 Å². The fourth-order valence-corrected chi connectivity index (χ4v) is 3.44. The molecule has 0 radical (unpaired) electrons. The topological polar surface area (TPSA) is 46.2 Å². The molecule has 112 valence electrons. The third-order valence-electron chi connectivity index (χ3n) is 3.35. The van der Waals surface area contributed by atoms with Crippen molar-refractivity contribution in [3.05, 3.63) is 64.2 Å². The second kappa shape index (κ2) is 6.60. The summed E-state index contributed by atoms with van der Waals surface area (Å²) in [5, 5.41) is 3.73. The molecule has 5 heteroatoms. The van der Waals surface area contributed by atoms with E-state index < -0.39 is 9.84 Å². The van der Waals surface area contributed by atoms with Crippen LogP contribution in [0.25, 0.3) is 0 Å². The lowest BCUT2D eigenvalue weighted by molar-refractivity contribution is 0.598. The predicted octanol–water partition coefficient (Wildman–Crippen LogP) is 3.34. The van der Waals surface area contributed by atoms with Crippen molar-refractivity contribution in [3.8, 4) is 0 Å². The molecule has 0 aliphatic heterocycles. The molecule has 2 rings (SSSR count). The van der Waals surface area contributed by atoms with E-state index in [1.807, 2.05) is 18.2 Å². The summed E-state index contributed by atoms with van der Waals surface area (Å²) in [6, 6.07) is 13.0. The summed E-state index contributed by atoms with van der Waals surface area (Å²) in [4.78, 5) is 0.285. The van der Waals surface area contributed by atoms with Gasteiger partial charge >= 0.3 is 0 Å². The normalized spacial score (nSPS) is 11.6. The minimum Gasteiger partial charge on any atom is -0.309 e. The van der Waals surface area contributed by atoms with E-state index in [1.165, 1.54) is 17.4 Å². The molecular weight excluding hydrogens is 306 g/mol. The van der Waals surface area contributed by atoms with Crippen LogP contribution in [0.1, 0.15) is 16.7 Å². The summed E-state index contributed by atoms with van der Waals surface area (Å²) >= 11 is 6.14. The number of benzene rings is 2. The van der Waals surface area contributed by atoms with Crippen LogP contribution in [0.4, 0.5) is 0 Å². The van der Waals surface area contributed by atoms with Crippen molar-refractivity contribution in [1.29, 1.82) is 0 Å². The number of rotatable bonds is 5. The summed E-state index contributed by atoms with van der Waals surface area (Å²) in [5.41, 5.74) is 3.01. The van der Waals surface area contributed by atoms with Gasteiger partial charge in [0, 0.05) is 29.9 Å². The fourth-order valence-electron chi connectivity index (χ4n) is 2.19. The Labute approximate surface area is 130 Å². The zero-order valence-corrected chi connectivity index (χ0v) is 13.6. The largest absolute Gasteiger partial charge is 0.309 e. The lowest BCUT2D eigenvalue weighted by atomic mass is 10.1. The van der Waals surface area contributed by atoms with Crippen LogP contribution in [0.15, 0.2) is 47.4 Å². The van der Waals surface area contributed by atoms with Gasteiger partial charge in [0.2, 0.25) is 0 Å². The number of hydrogen-bond donors (Lipinski definition) is 1. The Morgan fingerprint density at radius 1 is 1.05 bits per heavy atom. The highest BCUT2D eigenvalue weighted by Gasteiger charge is 2.15. The lowest BCUT2D eigenvalue weighted by Gasteiger charge is -2.12. The van der Waals surface area contributed by atoms with Crippen molar-refractivity contribution < 1.29 is 8.42 Å². The molecule has 0 saturated carbocycles. The van der Waals surface area contributed by atoms with Crippen LogP contribution in [0, 0.1) is 6.92 Å². The second-order valence-electron chi connectivity index (χ2n) is 5.02. The Hall–Kier alpha value is -1.36. The van der Waals surface area contributed by atoms with E-state index in [9.17, 15) is 8.42 Å². The van der Waals surface area contributed by atoms with Crippen LogP contribution < -0.4 is 5.32 Å². The smallest absolute Gasteiger partial charge is 0.175 e. The van der Waals surface area contributed by atoms with E-state index in [0.29, 0.717) is 23.7 Å². The summed E-state index contributed by atoms with van der Waals surface area (Å²) in [6.07, 6.45) is 1.20. The maximum Gasteiger partial charge on any atom is 0.175 e. The monoisotopic (exact) mass is 323 g/mol. The zero-order chi connectivity index (χ0) is 15.5. The maximum absolute atomic E-state index is 11.8. The first-order chi connectivity index (χ1) is 9.89. The third-order valence-corrected chi connectivity index (χ3v) is 4.89. The molecule has 21 heavy (non-hydrogen) atoms. The Balaban J connectivity index is 2.16. The van der Waals surface area contributed by atoms with E-state index in [4.69, 9.17) is 11.6 Å². The Morgan fingerprint density at radius 2 is 1.76 bits per heavy atom. The molecule has 2 aromatic rings. The minimum atomic E-state index is -3.28. The molecule has 0 heterocycles. The van der Waals surface area contributed by atoms with Gasteiger partial charge in [0.05, 0.1) is 4.90 Å². The van der Waals surface area contributed by atoms with Gasteiger partial charge in [0.25, 0.3) is 0 Å². The van der Waals surface area contributed by atoms with Crippen LogP contribution >= 0.6 is 11.6 Å². The first-order valence-electron chi connectivity index (χ1n) is 6.62. The Kier molecular flexibility index (Phi) is 5.04.